The quantitative estimate of drug-likeness (QED) is 0.799. The monoisotopic (exact) mass is 370 g/mol. The van der Waals surface area contributed by atoms with E-state index in [0.29, 0.717) is 11.5 Å². The maximum absolute atomic E-state index is 13.3. The zero-order chi connectivity index (χ0) is 18.9. The lowest BCUT2D eigenvalue weighted by Gasteiger charge is -2.52. The van der Waals surface area contributed by atoms with E-state index in [9.17, 15) is 9.59 Å². The topological polar surface area (TPSA) is 56.8 Å². The summed E-state index contributed by atoms with van der Waals surface area (Å²) < 4.78 is 0. The van der Waals surface area contributed by atoms with Crippen molar-refractivity contribution in [2.45, 2.75) is 44.6 Å². The third-order valence-electron chi connectivity index (χ3n) is 6.83. The summed E-state index contributed by atoms with van der Waals surface area (Å²) in [6.45, 7) is 4.28. The summed E-state index contributed by atoms with van der Waals surface area (Å²) in [6, 6.07) is 3.53. The molecule has 3 fully saturated rings. The predicted octanol–water partition coefficient (Wildman–Crippen LogP) is 2.02. The average molecular weight is 370 g/mol. The molecule has 0 aliphatic carbocycles. The van der Waals surface area contributed by atoms with E-state index in [1.807, 2.05) is 4.90 Å². The van der Waals surface area contributed by atoms with Gasteiger partial charge in [-0.05, 0) is 69.7 Å². The lowest BCUT2D eigenvalue weighted by atomic mass is 9.66. The Labute approximate surface area is 161 Å². The largest absolute Gasteiger partial charge is 0.341 e. The van der Waals surface area contributed by atoms with E-state index in [1.165, 1.54) is 0 Å². The number of piperidine rings is 2. The van der Waals surface area contributed by atoms with E-state index in [2.05, 4.69) is 21.8 Å². The molecule has 1 atom stereocenters. The fraction of sp³-hybridized carbons (Fsp3) is 0.667. The van der Waals surface area contributed by atoms with Crippen molar-refractivity contribution in [1.29, 1.82) is 0 Å². The standard InChI is InChI=1S/C21H30N4O2/c1-23-12-4-7-21(18(23)20(27)24-13-2-3-14-24)8-15-25(16-9-21)19(26)17-5-10-22-11-6-17/h5-6,10-11,18H,2-4,7-9,12-16H2,1H3. The van der Waals surface area contributed by atoms with Crippen LogP contribution in [0.5, 0.6) is 0 Å². The van der Waals surface area contributed by atoms with Gasteiger partial charge in [0.15, 0.2) is 0 Å². The van der Waals surface area contributed by atoms with Crippen LogP contribution < -0.4 is 0 Å². The highest BCUT2D eigenvalue weighted by Gasteiger charge is 2.50. The average Bonchev–Trinajstić information content (AvgIpc) is 3.23. The van der Waals surface area contributed by atoms with Gasteiger partial charge in [-0.25, -0.2) is 0 Å². The zero-order valence-corrected chi connectivity index (χ0v) is 16.3. The number of rotatable bonds is 2. The molecule has 0 radical (unpaired) electrons. The van der Waals surface area contributed by atoms with Crippen molar-refractivity contribution in [2.75, 3.05) is 39.8 Å². The minimum atomic E-state index is -0.0254. The maximum Gasteiger partial charge on any atom is 0.253 e. The Kier molecular flexibility index (Phi) is 5.17. The fourth-order valence-electron chi connectivity index (χ4n) is 5.33. The smallest absolute Gasteiger partial charge is 0.253 e. The Bertz CT molecular complexity index is 679. The number of hydrogen-bond donors (Lipinski definition) is 0. The van der Waals surface area contributed by atoms with Crippen molar-refractivity contribution in [2.24, 2.45) is 5.41 Å². The number of likely N-dealkylation sites (tertiary alicyclic amines) is 3. The number of carbonyl (C=O) groups excluding carboxylic acids is 2. The number of nitrogens with zero attached hydrogens (tertiary/aromatic N) is 4. The molecule has 0 N–H and O–H groups in total. The Hall–Kier alpha value is -1.95. The first-order valence-electron chi connectivity index (χ1n) is 10.3. The third kappa shape index (κ3) is 3.47. The van der Waals surface area contributed by atoms with E-state index in [4.69, 9.17) is 0 Å². The van der Waals surface area contributed by atoms with Crippen LogP contribution in [-0.4, -0.2) is 77.3 Å². The van der Waals surface area contributed by atoms with Gasteiger partial charge in [-0.3, -0.25) is 19.5 Å². The molecule has 1 aromatic heterocycles. The van der Waals surface area contributed by atoms with Crippen molar-refractivity contribution in [3.8, 4) is 0 Å². The second kappa shape index (κ2) is 7.58. The van der Waals surface area contributed by atoms with Crippen LogP contribution in [0, 0.1) is 5.41 Å². The van der Waals surface area contributed by atoms with Gasteiger partial charge in [0.2, 0.25) is 5.91 Å². The molecule has 1 spiro atoms. The van der Waals surface area contributed by atoms with Crippen LogP contribution in [0.25, 0.3) is 0 Å². The number of hydrogen-bond acceptors (Lipinski definition) is 4. The van der Waals surface area contributed by atoms with Gasteiger partial charge in [-0.2, -0.15) is 0 Å². The highest BCUT2D eigenvalue weighted by atomic mass is 16.2. The summed E-state index contributed by atoms with van der Waals surface area (Å²) >= 11 is 0. The molecule has 0 aromatic carbocycles. The molecule has 0 bridgehead atoms. The number of pyridine rings is 1. The molecule has 1 unspecified atom stereocenters. The first kappa shape index (κ1) is 18.4. The lowest BCUT2D eigenvalue weighted by Crippen LogP contribution is -2.61. The molecule has 3 aliphatic heterocycles. The molecule has 4 heterocycles. The van der Waals surface area contributed by atoms with E-state index in [-0.39, 0.29) is 17.4 Å². The highest BCUT2D eigenvalue weighted by Crippen LogP contribution is 2.45. The molecular weight excluding hydrogens is 340 g/mol. The van der Waals surface area contributed by atoms with E-state index < -0.39 is 0 Å². The van der Waals surface area contributed by atoms with Crippen molar-refractivity contribution in [3.05, 3.63) is 30.1 Å². The Balaban J connectivity index is 1.49. The minimum absolute atomic E-state index is 0.0156. The van der Waals surface area contributed by atoms with Crippen molar-refractivity contribution >= 4 is 11.8 Å². The summed E-state index contributed by atoms with van der Waals surface area (Å²) in [4.78, 5) is 36.4. The Morgan fingerprint density at radius 3 is 2.26 bits per heavy atom. The van der Waals surface area contributed by atoms with Crippen LogP contribution in [-0.2, 0) is 4.79 Å². The third-order valence-corrected chi connectivity index (χ3v) is 6.83. The number of aromatic nitrogens is 1. The van der Waals surface area contributed by atoms with Crippen LogP contribution >= 0.6 is 0 Å². The lowest BCUT2D eigenvalue weighted by molar-refractivity contribution is -0.145. The summed E-state index contributed by atoms with van der Waals surface area (Å²) in [7, 11) is 2.11. The first-order valence-corrected chi connectivity index (χ1v) is 10.3. The molecule has 6 nitrogen and oxygen atoms in total. The molecule has 27 heavy (non-hydrogen) atoms. The highest BCUT2D eigenvalue weighted by molar-refractivity contribution is 5.94. The molecule has 3 saturated heterocycles. The van der Waals surface area contributed by atoms with Crippen LogP contribution in [0.15, 0.2) is 24.5 Å². The normalized spacial score (nSPS) is 25.7. The van der Waals surface area contributed by atoms with Crippen LogP contribution in [0.4, 0.5) is 0 Å². The summed E-state index contributed by atoms with van der Waals surface area (Å²) in [6.07, 6.45) is 9.65. The van der Waals surface area contributed by atoms with Crippen LogP contribution in [0.2, 0.25) is 0 Å². The van der Waals surface area contributed by atoms with Crippen LogP contribution in [0.1, 0.15) is 48.9 Å². The van der Waals surface area contributed by atoms with E-state index in [1.54, 1.807) is 24.5 Å². The molecule has 3 aliphatic rings. The predicted molar refractivity (Wildman–Crippen MR) is 103 cm³/mol. The van der Waals surface area contributed by atoms with Gasteiger partial charge in [0, 0.05) is 44.1 Å². The molecule has 146 valence electrons. The van der Waals surface area contributed by atoms with Gasteiger partial charge in [-0.15, -0.1) is 0 Å². The second-order valence-electron chi connectivity index (χ2n) is 8.41. The van der Waals surface area contributed by atoms with Gasteiger partial charge in [-0.1, -0.05) is 0 Å². The molecule has 0 saturated carbocycles. The van der Waals surface area contributed by atoms with E-state index in [0.717, 1.165) is 71.2 Å². The van der Waals surface area contributed by atoms with Gasteiger partial charge >= 0.3 is 0 Å². The molecular formula is C21H30N4O2. The van der Waals surface area contributed by atoms with Crippen molar-refractivity contribution < 1.29 is 9.59 Å². The number of likely N-dealkylation sites (N-methyl/N-ethyl adjacent to an activating group) is 1. The van der Waals surface area contributed by atoms with Crippen LogP contribution in [0.3, 0.4) is 0 Å². The Morgan fingerprint density at radius 2 is 1.59 bits per heavy atom. The van der Waals surface area contributed by atoms with E-state index >= 15 is 0 Å². The zero-order valence-electron chi connectivity index (χ0n) is 16.3. The number of carbonyl (C=O) groups is 2. The number of amides is 2. The molecule has 4 rings (SSSR count). The maximum atomic E-state index is 13.3. The Morgan fingerprint density at radius 1 is 0.926 bits per heavy atom. The minimum Gasteiger partial charge on any atom is -0.341 e. The molecule has 2 amide bonds. The fourth-order valence-corrected chi connectivity index (χ4v) is 5.33. The summed E-state index contributed by atoms with van der Waals surface area (Å²) in [5, 5.41) is 0. The van der Waals surface area contributed by atoms with Crippen molar-refractivity contribution in [3.63, 3.8) is 0 Å². The molecule has 6 heteroatoms. The first-order chi connectivity index (χ1) is 13.1. The van der Waals surface area contributed by atoms with Gasteiger partial charge < -0.3 is 9.80 Å². The van der Waals surface area contributed by atoms with Crippen molar-refractivity contribution in [1.82, 2.24) is 19.7 Å². The van der Waals surface area contributed by atoms with Gasteiger partial charge in [0.05, 0.1) is 6.04 Å². The molecule has 1 aromatic rings. The second-order valence-corrected chi connectivity index (χ2v) is 8.41. The summed E-state index contributed by atoms with van der Waals surface area (Å²) in [5.74, 6) is 0.405. The van der Waals surface area contributed by atoms with Gasteiger partial charge in [0.1, 0.15) is 0 Å². The summed E-state index contributed by atoms with van der Waals surface area (Å²) in [5.41, 5.74) is 0.716. The van der Waals surface area contributed by atoms with Gasteiger partial charge in [0.25, 0.3) is 5.91 Å². The SMILES string of the molecule is CN1CCCC2(CCN(C(=O)c3ccncc3)CC2)C1C(=O)N1CCCC1.